The highest BCUT2D eigenvalue weighted by Crippen LogP contribution is 2.35. The number of aliphatic imine (C=N–C) groups is 1. The van der Waals surface area contributed by atoms with E-state index in [1.807, 2.05) is 0 Å². The van der Waals surface area contributed by atoms with Crippen LogP contribution in [-0.2, 0) is 17.5 Å². The third kappa shape index (κ3) is 5.42. The number of carbonyl (C=O) groups is 1. The van der Waals surface area contributed by atoms with Crippen LogP contribution in [0.3, 0.4) is 0 Å². The molecule has 1 amide bonds. The van der Waals surface area contributed by atoms with Crippen LogP contribution in [0.25, 0.3) is 6.08 Å². The molecule has 0 aliphatic carbocycles. The molecule has 1 saturated heterocycles. The van der Waals surface area contributed by atoms with E-state index in [-0.39, 0.29) is 23.0 Å². The van der Waals surface area contributed by atoms with E-state index in [1.54, 1.807) is 24.3 Å². The van der Waals surface area contributed by atoms with Gasteiger partial charge < -0.3 is 15.6 Å². The summed E-state index contributed by atoms with van der Waals surface area (Å²) in [5, 5.41) is 11.4. The third-order valence-electron chi connectivity index (χ3n) is 5.36. The highest BCUT2D eigenvalue weighted by atomic mass is 35.5. The fraction of sp³-hybridized carbons (Fsp3) is 0.261. The molecule has 2 N–H and O–H groups in total. The molecule has 0 bridgehead atoms. The molecule has 2 aromatic rings. The standard InChI is InChI=1S/C23H20ClF3N4OS/c24-17-5-4-15(18(11-17)23(25,26)27)13-29-19-6-3-14(9-16(19)12-28)10-20-21(32)30-22(33-20)31-7-1-2-8-31/h3-6,9-12,28-29H,1-2,7-8,13H2/b20-10-,28-12?. The maximum absolute atomic E-state index is 13.3. The Balaban J connectivity index is 1.50. The first-order valence-corrected chi connectivity index (χ1v) is 11.5. The number of nitrogens with one attached hydrogen (secondary N) is 2. The molecule has 2 heterocycles. The Hall–Kier alpha value is -2.78. The number of likely N-dealkylation sites (tertiary alicyclic amines) is 1. The first kappa shape index (κ1) is 23.4. The number of rotatable bonds is 5. The van der Waals surface area contributed by atoms with Crippen molar-refractivity contribution in [3.8, 4) is 0 Å². The number of nitrogens with zero attached hydrogens (tertiary/aromatic N) is 2. The quantitative estimate of drug-likeness (QED) is 0.394. The maximum atomic E-state index is 13.3. The molecular formula is C23H20ClF3N4OS. The van der Waals surface area contributed by atoms with Crippen LogP contribution in [0.5, 0.6) is 0 Å². The van der Waals surface area contributed by atoms with Crippen molar-refractivity contribution in [2.75, 3.05) is 18.4 Å². The van der Waals surface area contributed by atoms with Crippen molar-refractivity contribution in [1.29, 1.82) is 5.41 Å². The molecule has 5 nitrogen and oxygen atoms in total. The van der Waals surface area contributed by atoms with E-state index < -0.39 is 11.7 Å². The lowest BCUT2D eigenvalue weighted by Gasteiger charge is -2.16. The van der Waals surface area contributed by atoms with Gasteiger partial charge in [0.25, 0.3) is 5.91 Å². The summed E-state index contributed by atoms with van der Waals surface area (Å²) in [7, 11) is 0. The minimum absolute atomic E-state index is 0.0137. The Bertz CT molecular complexity index is 1160. The van der Waals surface area contributed by atoms with E-state index in [4.69, 9.17) is 17.0 Å². The van der Waals surface area contributed by atoms with Crippen molar-refractivity contribution in [2.24, 2.45) is 4.99 Å². The number of carbonyl (C=O) groups excluding carboxylic acids is 1. The second kappa shape index (κ2) is 9.61. The van der Waals surface area contributed by atoms with Crippen LogP contribution in [0, 0.1) is 5.41 Å². The number of anilines is 1. The van der Waals surface area contributed by atoms with Gasteiger partial charge in [-0.05, 0) is 66.1 Å². The van der Waals surface area contributed by atoms with Gasteiger partial charge in [0, 0.05) is 42.1 Å². The summed E-state index contributed by atoms with van der Waals surface area (Å²) in [4.78, 5) is 19.1. The van der Waals surface area contributed by atoms with Gasteiger partial charge in [0.1, 0.15) is 0 Å². The summed E-state index contributed by atoms with van der Waals surface area (Å²) in [5.41, 5.74) is 0.951. The summed E-state index contributed by atoms with van der Waals surface area (Å²) in [6, 6.07) is 8.78. The van der Waals surface area contributed by atoms with Crippen LogP contribution in [0.2, 0.25) is 5.02 Å². The maximum Gasteiger partial charge on any atom is 0.416 e. The zero-order chi connectivity index (χ0) is 23.6. The van der Waals surface area contributed by atoms with Crippen LogP contribution in [0.1, 0.15) is 35.1 Å². The van der Waals surface area contributed by atoms with Gasteiger partial charge in [0.2, 0.25) is 0 Å². The molecule has 33 heavy (non-hydrogen) atoms. The summed E-state index contributed by atoms with van der Waals surface area (Å²) in [6.45, 7) is 1.71. The molecule has 2 aliphatic heterocycles. The number of amidine groups is 1. The summed E-state index contributed by atoms with van der Waals surface area (Å²) in [5.74, 6) is -0.289. The van der Waals surface area contributed by atoms with Crippen molar-refractivity contribution >= 4 is 52.4 Å². The average Bonchev–Trinajstić information content (AvgIpc) is 3.43. The molecule has 4 rings (SSSR count). The second-order valence-corrected chi connectivity index (χ2v) is 9.09. The minimum Gasteiger partial charge on any atom is -0.380 e. The normalized spacial score (nSPS) is 17.6. The van der Waals surface area contributed by atoms with E-state index in [1.165, 1.54) is 23.9 Å². The van der Waals surface area contributed by atoms with E-state index in [9.17, 15) is 18.0 Å². The Morgan fingerprint density at radius 3 is 2.64 bits per heavy atom. The SMILES string of the molecule is N=Cc1cc(/C=C2\SC(N3CCCC3)=NC2=O)ccc1NCc1ccc(Cl)cc1C(F)(F)F. The first-order valence-electron chi connectivity index (χ1n) is 10.3. The fourth-order valence-electron chi connectivity index (χ4n) is 3.70. The summed E-state index contributed by atoms with van der Waals surface area (Å²) >= 11 is 7.08. The Labute approximate surface area is 198 Å². The Kier molecular flexibility index (Phi) is 6.81. The molecule has 0 aromatic heterocycles. The first-order chi connectivity index (χ1) is 15.7. The zero-order valence-electron chi connectivity index (χ0n) is 17.4. The van der Waals surface area contributed by atoms with Gasteiger partial charge in [0.05, 0.1) is 10.5 Å². The lowest BCUT2D eigenvalue weighted by atomic mass is 10.1. The summed E-state index contributed by atoms with van der Waals surface area (Å²) in [6.07, 6.45) is 0.489. The number of amides is 1. The molecule has 0 spiro atoms. The monoisotopic (exact) mass is 492 g/mol. The predicted octanol–water partition coefficient (Wildman–Crippen LogP) is 6.03. The molecule has 0 atom stereocenters. The fourth-order valence-corrected chi connectivity index (χ4v) is 4.84. The molecule has 10 heteroatoms. The number of benzene rings is 2. The Morgan fingerprint density at radius 1 is 1.18 bits per heavy atom. The number of hydrogen-bond acceptors (Lipinski definition) is 5. The minimum atomic E-state index is -4.52. The molecule has 0 unspecified atom stereocenters. The molecule has 2 aromatic carbocycles. The van der Waals surface area contributed by atoms with Crippen LogP contribution >= 0.6 is 23.4 Å². The molecule has 2 aliphatic rings. The average molecular weight is 493 g/mol. The number of hydrogen-bond donors (Lipinski definition) is 2. The lowest BCUT2D eigenvalue weighted by Crippen LogP contribution is -2.23. The molecule has 1 fully saturated rings. The number of alkyl halides is 3. The van der Waals surface area contributed by atoms with Crippen molar-refractivity contribution in [2.45, 2.75) is 25.6 Å². The molecule has 0 saturated carbocycles. The molecule has 0 radical (unpaired) electrons. The van der Waals surface area contributed by atoms with Gasteiger partial charge in [-0.3, -0.25) is 4.79 Å². The predicted molar refractivity (Wildman–Crippen MR) is 127 cm³/mol. The van der Waals surface area contributed by atoms with Gasteiger partial charge in [-0.15, -0.1) is 0 Å². The van der Waals surface area contributed by atoms with E-state index in [2.05, 4.69) is 15.2 Å². The van der Waals surface area contributed by atoms with Gasteiger partial charge in [-0.1, -0.05) is 23.7 Å². The lowest BCUT2D eigenvalue weighted by molar-refractivity contribution is -0.138. The zero-order valence-corrected chi connectivity index (χ0v) is 18.9. The van der Waals surface area contributed by atoms with Crippen molar-refractivity contribution in [3.63, 3.8) is 0 Å². The molecule has 172 valence electrons. The number of halogens is 4. The second-order valence-electron chi connectivity index (χ2n) is 7.65. The largest absolute Gasteiger partial charge is 0.416 e. The van der Waals surface area contributed by atoms with Gasteiger partial charge in [-0.25, -0.2) is 0 Å². The summed E-state index contributed by atoms with van der Waals surface area (Å²) < 4.78 is 40.0. The van der Waals surface area contributed by atoms with Crippen molar-refractivity contribution in [1.82, 2.24) is 4.90 Å². The Morgan fingerprint density at radius 2 is 1.94 bits per heavy atom. The van der Waals surface area contributed by atoms with Crippen LogP contribution in [0.15, 0.2) is 46.3 Å². The topological polar surface area (TPSA) is 68.5 Å². The highest BCUT2D eigenvalue weighted by molar-refractivity contribution is 8.18. The van der Waals surface area contributed by atoms with Crippen molar-refractivity contribution < 1.29 is 18.0 Å². The van der Waals surface area contributed by atoms with Crippen LogP contribution < -0.4 is 5.32 Å². The van der Waals surface area contributed by atoms with Crippen LogP contribution in [0.4, 0.5) is 18.9 Å². The van der Waals surface area contributed by atoms with Gasteiger partial charge in [-0.2, -0.15) is 18.2 Å². The van der Waals surface area contributed by atoms with E-state index in [0.29, 0.717) is 21.7 Å². The van der Waals surface area contributed by atoms with Crippen molar-refractivity contribution in [3.05, 3.63) is 68.6 Å². The smallest absolute Gasteiger partial charge is 0.380 e. The van der Waals surface area contributed by atoms with Gasteiger partial charge >= 0.3 is 6.18 Å². The number of thioether (sulfide) groups is 1. The van der Waals surface area contributed by atoms with E-state index in [0.717, 1.165) is 43.4 Å². The third-order valence-corrected chi connectivity index (χ3v) is 6.64. The van der Waals surface area contributed by atoms with E-state index >= 15 is 0 Å². The van der Waals surface area contributed by atoms with Crippen LogP contribution in [-0.4, -0.2) is 35.3 Å². The molecular weight excluding hydrogens is 473 g/mol. The van der Waals surface area contributed by atoms with Gasteiger partial charge in [0.15, 0.2) is 5.17 Å². The highest BCUT2D eigenvalue weighted by Gasteiger charge is 2.33.